The third-order valence-electron chi connectivity index (χ3n) is 6.25. The van der Waals surface area contributed by atoms with Crippen LogP contribution in [0.1, 0.15) is 66.2 Å². The Morgan fingerprint density at radius 1 is 0.636 bits per heavy atom. The van der Waals surface area contributed by atoms with Crippen LogP contribution in [0.25, 0.3) is 0 Å². The third kappa shape index (κ3) is 2.65. The maximum atomic E-state index is 12.9. The molecule has 3 fully saturated rings. The van der Waals surface area contributed by atoms with Crippen molar-refractivity contribution >= 4 is 11.8 Å². The molecule has 0 N–H and O–H groups in total. The number of amides is 2. The Bertz CT molecular complexity index is 360. The molecule has 0 atom stereocenters. The molecule has 2 amide bonds. The predicted molar refractivity (Wildman–Crippen MR) is 88.4 cm³/mol. The van der Waals surface area contributed by atoms with Crippen LogP contribution in [0.2, 0.25) is 0 Å². The molecule has 0 aromatic rings. The molecule has 0 aromatic heterocycles. The second kappa shape index (κ2) is 6.59. The van der Waals surface area contributed by atoms with Crippen molar-refractivity contribution in [2.75, 3.05) is 26.2 Å². The quantitative estimate of drug-likeness (QED) is 0.756. The van der Waals surface area contributed by atoms with Crippen molar-refractivity contribution < 1.29 is 9.59 Å². The van der Waals surface area contributed by atoms with Crippen LogP contribution >= 0.6 is 0 Å². The molecule has 0 aromatic carbocycles. The summed E-state index contributed by atoms with van der Waals surface area (Å²) in [4.78, 5) is 29.7. The van der Waals surface area contributed by atoms with Crippen LogP contribution in [-0.4, -0.2) is 47.8 Å². The van der Waals surface area contributed by atoms with E-state index in [1.807, 2.05) is 9.80 Å². The van der Waals surface area contributed by atoms with Gasteiger partial charge >= 0.3 is 0 Å². The SMILES string of the molecule is CCN(CC)C(=O)C12CCC(C(=O)N(CC)CC)(CC1)CC2. The molecule has 0 aliphatic heterocycles. The van der Waals surface area contributed by atoms with Gasteiger partial charge in [0.1, 0.15) is 0 Å². The van der Waals surface area contributed by atoms with Gasteiger partial charge < -0.3 is 9.80 Å². The van der Waals surface area contributed by atoms with Crippen molar-refractivity contribution in [1.82, 2.24) is 9.80 Å². The van der Waals surface area contributed by atoms with E-state index in [2.05, 4.69) is 27.7 Å². The molecule has 0 radical (unpaired) electrons. The van der Waals surface area contributed by atoms with Crippen molar-refractivity contribution in [3.63, 3.8) is 0 Å². The number of rotatable bonds is 6. The maximum Gasteiger partial charge on any atom is 0.228 e. The van der Waals surface area contributed by atoms with E-state index in [9.17, 15) is 9.59 Å². The van der Waals surface area contributed by atoms with Crippen molar-refractivity contribution in [1.29, 1.82) is 0 Å². The fourth-order valence-corrected chi connectivity index (χ4v) is 4.52. The zero-order chi connectivity index (χ0) is 16.4. The topological polar surface area (TPSA) is 40.6 Å². The maximum absolute atomic E-state index is 12.9. The molecular weight excluding hydrogens is 276 g/mol. The van der Waals surface area contributed by atoms with Gasteiger partial charge in [0, 0.05) is 37.0 Å². The highest BCUT2D eigenvalue weighted by atomic mass is 16.2. The van der Waals surface area contributed by atoms with E-state index in [0.29, 0.717) is 11.8 Å². The molecule has 126 valence electrons. The second-order valence-electron chi connectivity index (χ2n) is 7.02. The molecule has 3 saturated carbocycles. The Hall–Kier alpha value is -1.06. The molecule has 0 saturated heterocycles. The van der Waals surface area contributed by atoms with E-state index in [-0.39, 0.29) is 10.8 Å². The molecule has 0 spiro atoms. The van der Waals surface area contributed by atoms with Crippen molar-refractivity contribution in [2.24, 2.45) is 10.8 Å². The first-order valence-electron chi connectivity index (χ1n) is 9.07. The predicted octanol–water partition coefficient (Wildman–Crippen LogP) is 3.06. The lowest BCUT2D eigenvalue weighted by atomic mass is 9.53. The zero-order valence-electron chi connectivity index (χ0n) is 14.8. The fourth-order valence-electron chi connectivity index (χ4n) is 4.52. The van der Waals surface area contributed by atoms with Gasteiger partial charge in [0.05, 0.1) is 0 Å². The lowest BCUT2D eigenvalue weighted by molar-refractivity contribution is -0.162. The monoisotopic (exact) mass is 308 g/mol. The van der Waals surface area contributed by atoms with E-state index in [1.165, 1.54) is 0 Å². The summed E-state index contributed by atoms with van der Waals surface area (Å²) in [5, 5.41) is 0. The largest absolute Gasteiger partial charge is 0.343 e. The summed E-state index contributed by atoms with van der Waals surface area (Å²) in [6.07, 6.45) is 5.39. The number of nitrogens with zero attached hydrogens (tertiary/aromatic N) is 2. The minimum absolute atomic E-state index is 0.169. The average molecular weight is 308 g/mol. The smallest absolute Gasteiger partial charge is 0.228 e. The first-order valence-corrected chi connectivity index (χ1v) is 9.07. The second-order valence-corrected chi connectivity index (χ2v) is 7.02. The van der Waals surface area contributed by atoms with Crippen LogP contribution in [-0.2, 0) is 9.59 Å². The summed E-state index contributed by atoms with van der Waals surface area (Å²) in [7, 11) is 0. The van der Waals surface area contributed by atoms with Gasteiger partial charge in [-0.15, -0.1) is 0 Å². The van der Waals surface area contributed by atoms with E-state index >= 15 is 0 Å². The Balaban J connectivity index is 2.11. The van der Waals surface area contributed by atoms with Gasteiger partial charge in [-0.25, -0.2) is 0 Å². The molecule has 0 heterocycles. The van der Waals surface area contributed by atoms with Crippen molar-refractivity contribution in [2.45, 2.75) is 66.2 Å². The molecular formula is C18H32N2O2. The fraction of sp³-hybridized carbons (Fsp3) is 0.889. The average Bonchev–Trinajstić information content (AvgIpc) is 2.58. The summed E-state index contributed by atoms with van der Waals surface area (Å²) in [6, 6.07) is 0. The number of fused-ring (bicyclic) bond motifs is 3. The van der Waals surface area contributed by atoms with Gasteiger partial charge in [0.2, 0.25) is 11.8 Å². The Labute approximate surface area is 135 Å². The molecule has 2 bridgehead atoms. The first kappa shape index (κ1) is 17.3. The van der Waals surface area contributed by atoms with Gasteiger partial charge in [0.15, 0.2) is 0 Å². The van der Waals surface area contributed by atoms with Crippen LogP contribution in [0.3, 0.4) is 0 Å². The highest BCUT2D eigenvalue weighted by molar-refractivity contribution is 5.87. The minimum atomic E-state index is -0.169. The standard InChI is InChI=1S/C18H32N2O2/c1-5-19(6-2)15(21)17-9-12-18(13-10-17,14-11-17)16(22)20(7-3)8-4/h5-14H2,1-4H3. The van der Waals surface area contributed by atoms with E-state index < -0.39 is 0 Å². The van der Waals surface area contributed by atoms with Crippen molar-refractivity contribution in [3.8, 4) is 0 Å². The summed E-state index contributed by atoms with van der Waals surface area (Å²) in [5.74, 6) is 0.669. The molecule has 4 heteroatoms. The Kier molecular flexibility index (Phi) is 5.18. The number of carbonyl (C=O) groups excluding carboxylic acids is 2. The van der Waals surface area contributed by atoms with Gasteiger partial charge in [0.25, 0.3) is 0 Å². The number of hydrogen-bond donors (Lipinski definition) is 0. The lowest BCUT2D eigenvalue weighted by Gasteiger charge is -2.53. The van der Waals surface area contributed by atoms with Crippen molar-refractivity contribution in [3.05, 3.63) is 0 Å². The molecule has 22 heavy (non-hydrogen) atoms. The Morgan fingerprint density at radius 2 is 0.864 bits per heavy atom. The van der Waals surface area contributed by atoms with E-state index in [4.69, 9.17) is 0 Å². The molecule has 3 aliphatic carbocycles. The number of hydrogen-bond acceptors (Lipinski definition) is 2. The zero-order valence-corrected chi connectivity index (χ0v) is 14.8. The molecule has 0 unspecified atom stereocenters. The molecule has 4 nitrogen and oxygen atoms in total. The number of carbonyl (C=O) groups is 2. The lowest BCUT2D eigenvalue weighted by Crippen LogP contribution is -2.56. The van der Waals surface area contributed by atoms with E-state index in [1.54, 1.807) is 0 Å². The normalized spacial score (nSPS) is 30.2. The first-order chi connectivity index (χ1) is 10.5. The molecule has 3 aliphatic rings. The van der Waals surface area contributed by atoms with Crippen LogP contribution in [0.5, 0.6) is 0 Å². The summed E-state index contributed by atoms with van der Waals surface area (Å²) in [5.41, 5.74) is -0.339. The third-order valence-corrected chi connectivity index (χ3v) is 6.25. The minimum Gasteiger partial charge on any atom is -0.343 e. The summed E-state index contributed by atoms with van der Waals surface area (Å²) >= 11 is 0. The summed E-state index contributed by atoms with van der Waals surface area (Å²) < 4.78 is 0. The van der Waals surface area contributed by atoms with Crippen LogP contribution in [0.4, 0.5) is 0 Å². The van der Waals surface area contributed by atoms with Gasteiger partial charge in [-0.2, -0.15) is 0 Å². The highest BCUT2D eigenvalue weighted by Gasteiger charge is 2.56. The van der Waals surface area contributed by atoms with Crippen LogP contribution in [0.15, 0.2) is 0 Å². The van der Waals surface area contributed by atoms with Gasteiger partial charge in [-0.3, -0.25) is 9.59 Å². The summed E-state index contributed by atoms with van der Waals surface area (Å²) in [6.45, 7) is 11.4. The van der Waals surface area contributed by atoms with Crippen LogP contribution in [0, 0.1) is 10.8 Å². The molecule has 3 rings (SSSR count). The van der Waals surface area contributed by atoms with Gasteiger partial charge in [-0.05, 0) is 66.2 Å². The van der Waals surface area contributed by atoms with E-state index in [0.717, 1.165) is 64.7 Å². The highest BCUT2D eigenvalue weighted by Crippen LogP contribution is 2.58. The van der Waals surface area contributed by atoms with Crippen LogP contribution < -0.4 is 0 Å². The van der Waals surface area contributed by atoms with Gasteiger partial charge in [-0.1, -0.05) is 0 Å². The Morgan fingerprint density at radius 3 is 1.05 bits per heavy atom.